The van der Waals surface area contributed by atoms with E-state index in [1.165, 1.54) is 0 Å². The highest BCUT2D eigenvalue weighted by molar-refractivity contribution is 5.63. The van der Waals surface area contributed by atoms with Crippen molar-refractivity contribution in [3.05, 3.63) is 12.3 Å². The van der Waals surface area contributed by atoms with E-state index >= 15 is 0 Å². The summed E-state index contributed by atoms with van der Waals surface area (Å²) < 4.78 is 0. The number of hydrogen-bond acceptors (Lipinski definition) is 3. The zero-order valence-electron chi connectivity index (χ0n) is 5.49. The topological polar surface area (TPSA) is 44.3 Å². The maximum atomic E-state index is 4.10. The maximum Gasteiger partial charge on any atom is 0.170 e. The molecule has 4 nitrogen and oxygen atoms in total. The molecule has 0 fully saturated rings. The molecule has 0 saturated heterocycles. The third-order valence-corrected chi connectivity index (χ3v) is 1.44. The Labute approximate surface area is 58.5 Å². The van der Waals surface area contributed by atoms with Crippen molar-refractivity contribution < 1.29 is 0 Å². The number of aromatic nitrogens is 2. The number of aromatic amines is 1. The molecule has 2 heterocycles. The lowest BCUT2D eigenvalue weighted by Crippen LogP contribution is -2.11. The van der Waals surface area contributed by atoms with Crippen LogP contribution in [-0.2, 0) is 0 Å². The second kappa shape index (κ2) is 2.13. The molecule has 0 saturated carbocycles. The molecule has 0 aromatic carbocycles. The van der Waals surface area contributed by atoms with Crippen LogP contribution in [0.15, 0.2) is 17.4 Å². The summed E-state index contributed by atoms with van der Waals surface area (Å²) in [6, 6.07) is 1.91. The lowest BCUT2D eigenvalue weighted by Gasteiger charge is -2.07. The second-order valence-corrected chi connectivity index (χ2v) is 2.14. The van der Waals surface area contributed by atoms with E-state index in [-0.39, 0.29) is 0 Å². The Bertz CT molecular complexity index is 226. The molecule has 1 N–H and O–H groups in total. The van der Waals surface area contributed by atoms with Gasteiger partial charge >= 0.3 is 0 Å². The number of nitrogens with zero attached hydrogens (tertiary/aromatic N) is 3. The minimum atomic E-state index is 0.897. The van der Waals surface area contributed by atoms with E-state index in [0.29, 0.717) is 0 Å². The number of hydrogen-bond donors (Lipinski definition) is 1. The summed E-state index contributed by atoms with van der Waals surface area (Å²) in [5, 5.41) is 12.7. The van der Waals surface area contributed by atoms with Crippen LogP contribution in [0.3, 0.4) is 0 Å². The van der Waals surface area contributed by atoms with Gasteiger partial charge in [-0.1, -0.05) is 0 Å². The molecule has 10 heavy (non-hydrogen) atoms. The van der Waals surface area contributed by atoms with Crippen molar-refractivity contribution in [2.45, 2.75) is 6.42 Å². The fraction of sp³-hybridized carbons (Fsp3) is 0.333. The quantitative estimate of drug-likeness (QED) is 0.614. The Kier molecular flexibility index (Phi) is 1.16. The average molecular weight is 136 g/mol. The van der Waals surface area contributed by atoms with Gasteiger partial charge in [-0.15, -0.1) is 0 Å². The molecule has 1 aliphatic rings. The number of hydrazone groups is 1. The molecule has 1 aliphatic heterocycles. The summed E-state index contributed by atoms with van der Waals surface area (Å²) in [7, 11) is 0. The molecule has 0 radical (unpaired) electrons. The highest BCUT2D eigenvalue weighted by Crippen LogP contribution is 2.11. The Morgan fingerprint density at radius 2 is 2.60 bits per heavy atom. The summed E-state index contributed by atoms with van der Waals surface area (Å²) in [5.41, 5.74) is 0. The molecule has 4 heteroatoms. The van der Waals surface area contributed by atoms with Gasteiger partial charge in [-0.05, 0) is 0 Å². The van der Waals surface area contributed by atoms with E-state index in [4.69, 9.17) is 0 Å². The molecule has 0 spiro atoms. The molecule has 2 rings (SSSR count). The van der Waals surface area contributed by atoms with Gasteiger partial charge in [0.1, 0.15) is 0 Å². The minimum Gasteiger partial charge on any atom is -0.284 e. The first-order valence-corrected chi connectivity index (χ1v) is 3.26. The molecule has 0 atom stereocenters. The SMILES string of the molecule is C1=NN(c2cc[nH]n2)CC1. The van der Waals surface area contributed by atoms with Crippen LogP contribution in [0.2, 0.25) is 0 Å². The van der Waals surface area contributed by atoms with Gasteiger partial charge in [-0.3, -0.25) is 5.10 Å². The summed E-state index contributed by atoms with van der Waals surface area (Å²) in [6.07, 6.45) is 4.71. The van der Waals surface area contributed by atoms with Crippen LogP contribution in [0.5, 0.6) is 0 Å². The molecule has 0 bridgehead atoms. The number of rotatable bonds is 1. The summed E-state index contributed by atoms with van der Waals surface area (Å²) in [6.45, 7) is 0.949. The van der Waals surface area contributed by atoms with Crippen LogP contribution in [0, 0.1) is 0 Å². The summed E-state index contributed by atoms with van der Waals surface area (Å²) in [5.74, 6) is 0.897. The van der Waals surface area contributed by atoms with Gasteiger partial charge in [0.05, 0.1) is 0 Å². The van der Waals surface area contributed by atoms with Crippen molar-refractivity contribution in [1.82, 2.24) is 10.2 Å². The fourth-order valence-electron chi connectivity index (χ4n) is 0.964. The molecule has 0 unspecified atom stereocenters. The van der Waals surface area contributed by atoms with E-state index in [2.05, 4.69) is 15.3 Å². The van der Waals surface area contributed by atoms with Crippen LogP contribution >= 0.6 is 0 Å². The average Bonchev–Trinajstić information content (AvgIpc) is 2.59. The van der Waals surface area contributed by atoms with E-state index in [1.807, 2.05) is 17.3 Å². The normalized spacial score (nSPS) is 16.6. The van der Waals surface area contributed by atoms with Crippen molar-refractivity contribution >= 4 is 12.0 Å². The van der Waals surface area contributed by atoms with Gasteiger partial charge in [0, 0.05) is 31.4 Å². The highest BCUT2D eigenvalue weighted by atomic mass is 15.5. The Balaban J connectivity index is 2.20. The Hall–Kier alpha value is -1.32. The van der Waals surface area contributed by atoms with Gasteiger partial charge in [-0.2, -0.15) is 10.2 Å². The zero-order valence-corrected chi connectivity index (χ0v) is 5.49. The standard InChI is InChI=1S/C6H8N4/c1-3-8-10(5-1)6-2-4-7-9-6/h2-4H,1,5H2,(H,7,9). The molecule has 1 aromatic heterocycles. The van der Waals surface area contributed by atoms with Gasteiger partial charge in [0.25, 0.3) is 0 Å². The van der Waals surface area contributed by atoms with Crippen molar-refractivity contribution in [1.29, 1.82) is 0 Å². The van der Waals surface area contributed by atoms with Gasteiger partial charge < -0.3 is 0 Å². The Morgan fingerprint density at radius 3 is 3.20 bits per heavy atom. The molecular weight excluding hydrogens is 128 g/mol. The van der Waals surface area contributed by atoms with E-state index < -0.39 is 0 Å². The van der Waals surface area contributed by atoms with Crippen molar-refractivity contribution in [2.24, 2.45) is 5.10 Å². The lowest BCUT2D eigenvalue weighted by molar-refractivity contribution is 0.885. The fourth-order valence-corrected chi connectivity index (χ4v) is 0.964. The predicted octanol–water partition coefficient (Wildman–Crippen LogP) is 0.606. The summed E-state index contributed by atoms with van der Waals surface area (Å²) in [4.78, 5) is 0. The van der Waals surface area contributed by atoms with E-state index in [1.54, 1.807) is 6.20 Å². The van der Waals surface area contributed by atoms with Crippen LogP contribution < -0.4 is 5.01 Å². The number of H-pyrrole nitrogens is 1. The van der Waals surface area contributed by atoms with Crippen LogP contribution in [-0.4, -0.2) is 23.0 Å². The summed E-state index contributed by atoms with van der Waals surface area (Å²) >= 11 is 0. The largest absolute Gasteiger partial charge is 0.284 e. The molecule has 1 aromatic rings. The van der Waals surface area contributed by atoms with Gasteiger partial charge in [0.15, 0.2) is 5.82 Å². The van der Waals surface area contributed by atoms with Crippen molar-refractivity contribution in [2.75, 3.05) is 11.6 Å². The molecule has 52 valence electrons. The zero-order chi connectivity index (χ0) is 6.81. The highest BCUT2D eigenvalue weighted by Gasteiger charge is 2.08. The van der Waals surface area contributed by atoms with Crippen molar-refractivity contribution in [3.8, 4) is 0 Å². The number of nitrogens with one attached hydrogen (secondary N) is 1. The maximum absolute atomic E-state index is 4.10. The first-order chi connectivity index (χ1) is 4.97. The first-order valence-electron chi connectivity index (χ1n) is 3.26. The lowest BCUT2D eigenvalue weighted by atomic mass is 10.5. The van der Waals surface area contributed by atoms with Gasteiger partial charge in [-0.25, -0.2) is 5.01 Å². The smallest absolute Gasteiger partial charge is 0.170 e. The molecule has 0 amide bonds. The molecule has 0 aliphatic carbocycles. The van der Waals surface area contributed by atoms with Crippen molar-refractivity contribution in [3.63, 3.8) is 0 Å². The number of anilines is 1. The van der Waals surface area contributed by atoms with Crippen LogP contribution in [0.25, 0.3) is 0 Å². The first kappa shape index (κ1) is 5.46. The van der Waals surface area contributed by atoms with Crippen LogP contribution in [0.1, 0.15) is 6.42 Å². The third-order valence-electron chi connectivity index (χ3n) is 1.44. The minimum absolute atomic E-state index is 0.897. The van der Waals surface area contributed by atoms with Gasteiger partial charge in [0.2, 0.25) is 0 Å². The monoisotopic (exact) mass is 136 g/mol. The predicted molar refractivity (Wildman–Crippen MR) is 39.0 cm³/mol. The second-order valence-electron chi connectivity index (χ2n) is 2.14. The van der Waals surface area contributed by atoms with E-state index in [0.717, 1.165) is 18.8 Å². The molecular formula is C6H8N4. The third kappa shape index (κ3) is 0.775. The Morgan fingerprint density at radius 1 is 1.60 bits per heavy atom. The van der Waals surface area contributed by atoms with E-state index in [9.17, 15) is 0 Å². The van der Waals surface area contributed by atoms with Crippen LogP contribution in [0.4, 0.5) is 5.82 Å².